The standard InChI is InChI=1S/C11H18N2OS/c1-3-14-10-4-9(5-10)13-8(2)11-6-12-7-15-11/h6-10,13H,3-5H2,1-2H3. The molecule has 1 aliphatic rings. The molecule has 0 spiro atoms. The van der Waals surface area contributed by atoms with Crippen LogP contribution in [0.3, 0.4) is 0 Å². The normalized spacial score (nSPS) is 27.3. The van der Waals surface area contributed by atoms with Gasteiger partial charge in [-0.05, 0) is 26.7 Å². The van der Waals surface area contributed by atoms with Gasteiger partial charge in [0.2, 0.25) is 0 Å². The summed E-state index contributed by atoms with van der Waals surface area (Å²) in [6.07, 6.45) is 4.73. The molecule has 15 heavy (non-hydrogen) atoms. The van der Waals surface area contributed by atoms with Gasteiger partial charge >= 0.3 is 0 Å². The second-order valence-corrected chi connectivity index (χ2v) is 4.96. The first kappa shape index (κ1) is 11.0. The molecule has 0 radical (unpaired) electrons. The second kappa shape index (κ2) is 5.05. The molecule has 0 aromatic carbocycles. The lowest BCUT2D eigenvalue weighted by atomic mass is 9.88. The fourth-order valence-corrected chi connectivity index (χ4v) is 2.59. The molecule has 1 atom stereocenters. The van der Waals surface area contributed by atoms with Crippen molar-refractivity contribution >= 4 is 11.3 Å². The molecule has 1 aliphatic carbocycles. The smallest absolute Gasteiger partial charge is 0.0794 e. The van der Waals surface area contributed by atoms with Crippen molar-refractivity contribution in [1.82, 2.24) is 10.3 Å². The van der Waals surface area contributed by atoms with Crippen LogP contribution in [0.5, 0.6) is 0 Å². The number of nitrogens with one attached hydrogen (secondary N) is 1. The molecular formula is C11H18N2OS. The average Bonchev–Trinajstić information content (AvgIpc) is 2.67. The minimum atomic E-state index is 0.421. The minimum Gasteiger partial charge on any atom is -0.378 e. The van der Waals surface area contributed by atoms with E-state index in [-0.39, 0.29) is 0 Å². The maximum Gasteiger partial charge on any atom is 0.0794 e. The molecule has 3 nitrogen and oxygen atoms in total. The summed E-state index contributed by atoms with van der Waals surface area (Å²) in [5, 5.41) is 3.60. The minimum absolute atomic E-state index is 0.421. The van der Waals surface area contributed by atoms with E-state index in [4.69, 9.17) is 4.74 Å². The third-order valence-electron chi connectivity index (χ3n) is 2.86. The van der Waals surface area contributed by atoms with Crippen LogP contribution in [-0.2, 0) is 4.74 Å². The van der Waals surface area contributed by atoms with Crippen molar-refractivity contribution in [1.29, 1.82) is 0 Å². The van der Waals surface area contributed by atoms with E-state index in [9.17, 15) is 0 Å². The Labute approximate surface area is 94.9 Å². The molecule has 2 rings (SSSR count). The van der Waals surface area contributed by atoms with Gasteiger partial charge in [0.05, 0.1) is 11.6 Å². The van der Waals surface area contributed by atoms with E-state index in [1.54, 1.807) is 11.3 Å². The van der Waals surface area contributed by atoms with Gasteiger partial charge in [0, 0.05) is 29.8 Å². The van der Waals surface area contributed by atoms with Crippen LogP contribution in [0.15, 0.2) is 11.7 Å². The van der Waals surface area contributed by atoms with Crippen LogP contribution >= 0.6 is 11.3 Å². The predicted octanol–water partition coefficient (Wildman–Crippen LogP) is 2.36. The first-order valence-electron chi connectivity index (χ1n) is 5.55. The zero-order chi connectivity index (χ0) is 10.7. The van der Waals surface area contributed by atoms with Crippen molar-refractivity contribution in [2.45, 2.75) is 44.9 Å². The number of aromatic nitrogens is 1. The fourth-order valence-electron chi connectivity index (χ4n) is 1.95. The number of thiazole rings is 1. The van der Waals surface area contributed by atoms with Crippen LogP contribution in [0.25, 0.3) is 0 Å². The second-order valence-electron chi connectivity index (χ2n) is 4.04. The third kappa shape index (κ3) is 2.77. The first-order chi connectivity index (χ1) is 7.29. The van der Waals surface area contributed by atoms with Crippen LogP contribution in [0.2, 0.25) is 0 Å². The highest BCUT2D eigenvalue weighted by Gasteiger charge is 2.30. The SMILES string of the molecule is CCOC1CC(NC(C)c2cncs2)C1. The Kier molecular flexibility index (Phi) is 3.72. The molecule has 84 valence electrons. The lowest BCUT2D eigenvalue weighted by Gasteiger charge is -2.37. The Balaban J connectivity index is 1.71. The lowest BCUT2D eigenvalue weighted by molar-refractivity contribution is -0.0119. The van der Waals surface area contributed by atoms with Crippen molar-refractivity contribution in [3.8, 4) is 0 Å². The highest BCUT2D eigenvalue weighted by atomic mass is 32.1. The van der Waals surface area contributed by atoms with E-state index < -0.39 is 0 Å². The largest absolute Gasteiger partial charge is 0.378 e. The summed E-state index contributed by atoms with van der Waals surface area (Å²) >= 11 is 1.71. The van der Waals surface area contributed by atoms with E-state index in [1.165, 1.54) is 4.88 Å². The molecule has 1 saturated carbocycles. The average molecular weight is 226 g/mol. The predicted molar refractivity (Wildman–Crippen MR) is 62.1 cm³/mol. The van der Waals surface area contributed by atoms with Crippen LogP contribution < -0.4 is 5.32 Å². The molecular weight excluding hydrogens is 208 g/mol. The number of nitrogens with zero attached hydrogens (tertiary/aromatic N) is 1. The molecule has 0 saturated heterocycles. The Hall–Kier alpha value is -0.450. The molecule has 0 amide bonds. The molecule has 0 bridgehead atoms. The molecule has 1 heterocycles. The summed E-state index contributed by atoms with van der Waals surface area (Å²) in [6.45, 7) is 5.09. The van der Waals surface area contributed by atoms with Gasteiger partial charge in [0.25, 0.3) is 0 Å². The highest BCUT2D eigenvalue weighted by Crippen LogP contribution is 2.26. The van der Waals surface area contributed by atoms with E-state index in [1.807, 2.05) is 11.7 Å². The molecule has 4 heteroatoms. The Morgan fingerprint density at radius 2 is 2.47 bits per heavy atom. The summed E-state index contributed by atoms with van der Waals surface area (Å²) in [5.41, 5.74) is 1.89. The highest BCUT2D eigenvalue weighted by molar-refractivity contribution is 7.09. The van der Waals surface area contributed by atoms with Gasteiger partial charge in [-0.15, -0.1) is 11.3 Å². The summed E-state index contributed by atoms with van der Waals surface area (Å²) in [4.78, 5) is 5.41. The molecule has 1 fully saturated rings. The lowest BCUT2D eigenvalue weighted by Crippen LogP contribution is -2.46. The summed E-state index contributed by atoms with van der Waals surface area (Å²) in [5.74, 6) is 0. The summed E-state index contributed by atoms with van der Waals surface area (Å²) in [7, 11) is 0. The maximum absolute atomic E-state index is 5.53. The Morgan fingerprint density at radius 3 is 3.07 bits per heavy atom. The van der Waals surface area contributed by atoms with Gasteiger partial charge < -0.3 is 10.1 Å². The summed E-state index contributed by atoms with van der Waals surface area (Å²) in [6, 6.07) is 1.05. The quantitative estimate of drug-likeness (QED) is 0.837. The van der Waals surface area contributed by atoms with Crippen molar-refractivity contribution < 1.29 is 4.74 Å². The van der Waals surface area contributed by atoms with Gasteiger partial charge in [-0.2, -0.15) is 0 Å². The number of hydrogen-bond acceptors (Lipinski definition) is 4. The van der Waals surface area contributed by atoms with Crippen LogP contribution in [0, 0.1) is 0 Å². The number of hydrogen-bond donors (Lipinski definition) is 1. The third-order valence-corrected chi connectivity index (χ3v) is 3.82. The first-order valence-corrected chi connectivity index (χ1v) is 6.43. The van der Waals surface area contributed by atoms with Gasteiger partial charge in [0.15, 0.2) is 0 Å². The van der Waals surface area contributed by atoms with Crippen LogP contribution in [-0.4, -0.2) is 23.7 Å². The molecule has 1 unspecified atom stereocenters. The van der Waals surface area contributed by atoms with Crippen LogP contribution in [0.1, 0.15) is 37.6 Å². The van der Waals surface area contributed by atoms with Gasteiger partial charge in [-0.25, -0.2) is 0 Å². The zero-order valence-electron chi connectivity index (χ0n) is 9.27. The van der Waals surface area contributed by atoms with E-state index in [0.717, 1.165) is 19.4 Å². The van der Waals surface area contributed by atoms with E-state index >= 15 is 0 Å². The van der Waals surface area contributed by atoms with Crippen molar-refractivity contribution in [2.24, 2.45) is 0 Å². The molecule has 1 aromatic rings. The molecule has 1 aromatic heterocycles. The Morgan fingerprint density at radius 1 is 1.67 bits per heavy atom. The van der Waals surface area contributed by atoms with Crippen molar-refractivity contribution in [2.75, 3.05) is 6.61 Å². The van der Waals surface area contributed by atoms with Gasteiger partial charge in [-0.1, -0.05) is 0 Å². The number of rotatable bonds is 5. The van der Waals surface area contributed by atoms with Gasteiger partial charge in [-0.3, -0.25) is 4.98 Å². The zero-order valence-corrected chi connectivity index (χ0v) is 10.1. The van der Waals surface area contributed by atoms with Crippen LogP contribution in [0.4, 0.5) is 0 Å². The van der Waals surface area contributed by atoms with Crippen molar-refractivity contribution in [3.63, 3.8) is 0 Å². The monoisotopic (exact) mass is 226 g/mol. The fraction of sp³-hybridized carbons (Fsp3) is 0.727. The van der Waals surface area contributed by atoms with E-state index in [0.29, 0.717) is 18.2 Å². The number of ether oxygens (including phenoxy) is 1. The maximum atomic E-state index is 5.53. The molecule has 0 aliphatic heterocycles. The van der Waals surface area contributed by atoms with Crippen molar-refractivity contribution in [3.05, 3.63) is 16.6 Å². The van der Waals surface area contributed by atoms with Gasteiger partial charge in [0.1, 0.15) is 0 Å². The molecule has 1 N–H and O–H groups in total. The van der Waals surface area contributed by atoms with E-state index in [2.05, 4.69) is 24.1 Å². The summed E-state index contributed by atoms with van der Waals surface area (Å²) < 4.78 is 5.53. The Bertz CT molecular complexity index is 283. The topological polar surface area (TPSA) is 34.1 Å².